The van der Waals surface area contributed by atoms with Crippen LogP contribution in [-0.2, 0) is 4.79 Å². The van der Waals surface area contributed by atoms with E-state index in [2.05, 4.69) is 20.5 Å². The Morgan fingerprint density at radius 2 is 1.93 bits per heavy atom. The summed E-state index contributed by atoms with van der Waals surface area (Å²) in [5, 5.41) is 12.1. The maximum Gasteiger partial charge on any atom is 0.248 e. The first-order valence-electron chi connectivity index (χ1n) is 9.28. The third-order valence-corrected chi connectivity index (χ3v) is 4.87. The molecule has 0 saturated carbocycles. The first kappa shape index (κ1) is 19.6. The number of benzene rings is 2. The molecule has 0 unspecified atom stereocenters. The van der Waals surface area contributed by atoms with Gasteiger partial charge >= 0.3 is 0 Å². The van der Waals surface area contributed by atoms with Crippen LogP contribution in [0.3, 0.4) is 0 Å². The molecule has 0 saturated heterocycles. The lowest BCUT2D eigenvalue weighted by Crippen LogP contribution is -2.11. The molecule has 0 aliphatic rings. The minimum Gasteiger partial charge on any atom is -0.321 e. The number of halogens is 1. The van der Waals surface area contributed by atoms with E-state index in [-0.39, 0.29) is 5.91 Å². The van der Waals surface area contributed by atoms with Crippen LogP contribution < -0.4 is 5.32 Å². The zero-order valence-corrected chi connectivity index (χ0v) is 17.2. The lowest BCUT2D eigenvalue weighted by atomic mass is 10.1. The second-order valence-electron chi connectivity index (χ2n) is 6.66. The maximum atomic E-state index is 12.6. The second kappa shape index (κ2) is 8.34. The standard InChI is InChI=1S/C22H19ClN6O/c1-15-19(16(2)29(27-15)18-6-4-3-5-7-18)9-11-22(30)26-20-12-17(23)8-10-21(20)28-14-24-13-25-28/h3-14H,1-2H3,(H,26,30)/b11-9+. The average molecular weight is 419 g/mol. The molecule has 4 aromatic rings. The van der Waals surface area contributed by atoms with E-state index in [4.69, 9.17) is 11.6 Å². The number of para-hydroxylation sites is 1. The summed E-state index contributed by atoms with van der Waals surface area (Å²) in [5.41, 5.74) is 4.87. The number of amides is 1. The Balaban J connectivity index is 1.58. The molecule has 2 aromatic carbocycles. The third-order valence-electron chi connectivity index (χ3n) is 4.63. The Morgan fingerprint density at radius 3 is 2.67 bits per heavy atom. The molecular weight excluding hydrogens is 400 g/mol. The van der Waals surface area contributed by atoms with Gasteiger partial charge in [0.05, 0.1) is 22.8 Å². The molecule has 4 rings (SSSR count). The molecule has 30 heavy (non-hydrogen) atoms. The first-order valence-corrected chi connectivity index (χ1v) is 9.66. The minimum atomic E-state index is -0.287. The number of carbonyl (C=O) groups is 1. The van der Waals surface area contributed by atoms with Crippen molar-refractivity contribution < 1.29 is 4.79 Å². The van der Waals surface area contributed by atoms with E-state index in [9.17, 15) is 4.79 Å². The second-order valence-corrected chi connectivity index (χ2v) is 7.09. The van der Waals surface area contributed by atoms with Crippen molar-refractivity contribution in [3.8, 4) is 11.4 Å². The molecule has 7 nitrogen and oxygen atoms in total. The zero-order valence-electron chi connectivity index (χ0n) is 16.5. The summed E-state index contributed by atoms with van der Waals surface area (Å²) in [4.78, 5) is 16.6. The topological polar surface area (TPSA) is 77.6 Å². The fraction of sp³-hybridized carbons (Fsp3) is 0.0909. The molecule has 0 aliphatic heterocycles. The average Bonchev–Trinajstić information content (AvgIpc) is 3.36. The van der Waals surface area contributed by atoms with Crippen molar-refractivity contribution in [1.29, 1.82) is 0 Å². The van der Waals surface area contributed by atoms with Gasteiger partial charge in [0.1, 0.15) is 12.7 Å². The highest BCUT2D eigenvalue weighted by Crippen LogP contribution is 2.24. The summed E-state index contributed by atoms with van der Waals surface area (Å²) < 4.78 is 3.43. The lowest BCUT2D eigenvalue weighted by Gasteiger charge is -2.10. The first-order chi connectivity index (χ1) is 14.5. The third kappa shape index (κ3) is 4.01. The number of nitrogens with one attached hydrogen (secondary N) is 1. The maximum absolute atomic E-state index is 12.6. The van der Waals surface area contributed by atoms with Crippen LogP contribution in [0.25, 0.3) is 17.5 Å². The number of rotatable bonds is 5. The van der Waals surface area contributed by atoms with Crippen molar-refractivity contribution in [2.75, 3.05) is 5.32 Å². The van der Waals surface area contributed by atoms with Crippen LogP contribution >= 0.6 is 11.6 Å². The van der Waals surface area contributed by atoms with Crippen molar-refractivity contribution in [3.63, 3.8) is 0 Å². The predicted octanol–water partition coefficient (Wildman–Crippen LogP) is 4.38. The summed E-state index contributed by atoms with van der Waals surface area (Å²) in [6, 6.07) is 15.1. The molecule has 150 valence electrons. The highest BCUT2D eigenvalue weighted by atomic mass is 35.5. The summed E-state index contributed by atoms with van der Waals surface area (Å²) in [7, 11) is 0. The van der Waals surface area contributed by atoms with Crippen LogP contribution in [0.5, 0.6) is 0 Å². The highest BCUT2D eigenvalue weighted by Gasteiger charge is 2.12. The Bertz CT molecular complexity index is 1210. The molecule has 0 fully saturated rings. The number of anilines is 1. The molecule has 1 amide bonds. The fourth-order valence-electron chi connectivity index (χ4n) is 3.19. The molecule has 0 radical (unpaired) electrons. The molecule has 1 N–H and O–H groups in total. The Kier molecular flexibility index (Phi) is 5.45. The number of aryl methyl sites for hydroxylation is 1. The summed E-state index contributed by atoms with van der Waals surface area (Å²) in [5.74, 6) is -0.287. The van der Waals surface area contributed by atoms with E-state index < -0.39 is 0 Å². The van der Waals surface area contributed by atoms with Gasteiger partial charge in [-0.1, -0.05) is 29.8 Å². The molecule has 0 aliphatic carbocycles. The largest absolute Gasteiger partial charge is 0.321 e. The Morgan fingerprint density at radius 1 is 1.13 bits per heavy atom. The van der Waals surface area contributed by atoms with Gasteiger partial charge in [-0.25, -0.2) is 14.3 Å². The van der Waals surface area contributed by atoms with Gasteiger partial charge in [0.2, 0.25) is 5.91 Å². The summed E-state index contributed by atoms with van der Waals surface area (Å²) >= 11 is 6.11. The smallest absolute Gasteiger partial charge is 0.248 e. The van der Waals surface area contributed by atoms with Gasteiger partial charge in [-0.3, -0.25) is 4.79 Å². The van der Waals surface area contributed by atoms with Crippen molar-refractivity contribution in [3.05, 3.63) is 89.2 Å². The van der Waals surface area contributed by atoms with Crippen LogP contribution in [0.1, 0.15) is 17.0 Å². The highest BCUT2D eigenvalue weighted by molar-refractivity contribution is 6.31. The summed E-state index contributed by atoms with van der Waals surface area (Å²) in [6.45, 7) is 3.90. The fourth-order valence-corrected chi connectivity index (χ4v) is 3.36. The van der Waals surface area contributed by atoms with Gasteiger partial charge in [-0.15, -0.1) is 0 Å². The minimum absolute atomic E-state index is 0.287. The van der Waals surface area contributed by atoms with E-state index in [1.54, 1.807) is 35.3 Å². The number of hydrogen-bond acceptors (Lipinski definition) is 4. The molecule has 0 bridgehead atoms. The molecule has 2 heterocycles. The summed E-state index contributed by atoms with van der Waals surface area (Å²) in [6.07, 6.45) is 6.24. The van der Waals surface area contributed by atoms with Crippen molar-refractivity contribution in [2.45, 2.75) is 13.8 Å². The van der Waals surface area contributed by atoms with Crippen molar-refractivity contribution >= 4 is 29.3 Å². The van der Waals surface area contributed by atoms with E-state index in [1.165, 1.54) is 12.4 Å². The van der Waals surface area contributed by atoms with Crippen LogP contribution in [0, 0.1) is 13.8 Å². The van der Waals surface area contributed by atoms with E-state index in [0.29, 0.717) is 16.4 Å². The monoisotopic (exact) mass is 418 g/mol. The number of aromatic nitrogens is 5. The van der Waals surface area contributed by atoms with Gasteiger partial charge in [0.15, 0.2) is 0 Å². The van der Waals surface area contributed by atoms with Crippen molar-refractivity contribution in [1.82, 2.24) is 24.5 Å². The number of nitrogens with zero attached hydrogens (tertiary/aromatic N) is 5. The van der Waals surface area contributed by atoms with Crippen LogP contribution in [0.2, 0.25) is 5.02 Å². The van der Waals surface area contributed by atoms with Gasteiger partial charge in [0, 0.05) is 22.4 Å². The molecule has 0 atom stereocenters. The normalized spacial score (nSPS) is 11.2. The van der Waals surface area contributed by atoms with Crippen LogP contribution in [0.15, 0.2) is 67.3 Å². The number of carbonyl (C=O) groups excluding carboxylic acids is 1. The Hall–Kier alpha value is -3.71. The predicted molar refractivity (Wildman–Crippen MR) is 117 cm³/mol. The molecule has 2 aromatic heterocycles. The van der Waals surface area contributed by atoms with Crippen LogP contribution in [-0.4, -0.2) is 30.5 Å². The lowest BCUT2D eigenvalue weighted by molar-refractivity contribution is -0.111. The van der Waals surface area contributed by atoms with Crippen molar-refractivity contribution in [2.24, 2.45) is 0 Å². The zero-order chi connectivity index (χ0) is 21.1. The van der Waals surface area contributed by atoms with Gasteiger partial charge in [0.25, 0.3) is 0 Å². The van der Waals surface area contributed by atoms with E-state index in [0.717, 1.165) is 22.6 Å². The Labute approximate surface area is 178 Å². The quantitative estimate of drug-likeness (QED) is 0.488. The van der Waals surface area contributed by atoms with Gasteiger partial charge in [-0.05, 0) is 50.3 Å². The van der Waals surface area contributed by atoms with E-state index >= 15 is 0 Å². The van der Waals surface area contributed by atoms with Gasteiger partial charge < -0.3 is 5.32 Å². The molecule has 0 spiro atoms. The van der Waals surface area contributed by atoms with Gasteiger partial charge in [-0.2, -0.15) is 10.2 Å². The SMILES string of the molecule is Cc1nn(-c2ccccc2)c(C)c1/C=C/C(=O)Nc1cc(Cl)ccc1-n1cncn1. The van der Waals surface area contributed by atoms with E-state index in [1.807, 2.05) is 48.9 Å². The van der Waals surface area contributed by atoms with Crippen LogP contribution in [0.4, 0.5) is 5.69 Å². The molecule has 8 heteroatoms. The number of hydrogen-bond donors (Lipinski definition) is 1. The molecular formula is C22H19ClN6O.